The Balaban J connectivity index is 1.42. The minimum Gasteiger partial charge on any atom is -0.496 e. The van der Waals surface area contributed by atoms with Crippen molar-refractivity contribution in [3.63, 3.8) is 0 Å². The molecule has 5 aliphatic rings. The minimum atomic E-state index is -0.878. The molecule has 1 saturated heterocycles. The molecule has 2 aromatic rings. The van der Waals surface area contributed by atoms with Gasteiger partial charge in [-0.15, -0.1) is 0 Å². The smallest absolute Gasteiger partial charge is 0.267 e. The number of nitrogens with zero attached hydrogens (tertiary/aromatic N) is 1. The van der Waals surface area contributed by atoms with Crippen LogP contribution < -0.4 is 25.3 Å². The number of allylic oxidation sites excluding steroid dienone is 1. The van der Waals surface area contributed by atoms with Crippen molar-refractivity contribution in [3.8, 4) is 17.2 Å². The largest absolute Gasteiger partial charge is 0.496 e. The van der Waals surface area contributed by atoms with Crippen LogP contribution >= 0.6 is 15.9 Å². The Morgan fingerprint density at radius 1 is 1.06 bits per heavy atom. The predicted octanol–water partition coefficient (Wildman–Crippen LogP) is 7.81. The second kappa shape index (κ2) is 14.5. The van der Waals surface area contributed by atoms with Crippen LogP contribution in [0.15, 0.2) is 53.2 Å². The number of halogens is 1. The third kappa shape index (κ3) is 7.17. The van der Waals surface area contributed by atoms with Gasteiger partial charge in [0.15, 0.2) is 0 Å². The number of carbonyl (C=O) groups is 1. The molecule has 50 heavy (non-hydrogen) atoms. The van der Waals surface area contributed by atoms with Crippen LogP contribution in [-0.2, 0) is 14.3 Å². The second-order valence-electron chi connectivity index (χ2n) is 15.8. The molecule has 4 bridgehead atoms. The number of carbonyl (C=O) groups excluding carboxylic acids is 1. The molecule has 1 unspecified atom stereocenters. The van der Waals surface area contributed by atoms with Gasteiger partial charge in [-0.3, -0.25) is 4.79 Å². The van der Waals surface area contributed by atoms with Gasteiger partial charge in [-0.05, 0) is 131 Å². The summed E-state index contributed by atoms with van der Waals surface area (Å²) < 4.78 is 30.7. The van der Waals surface area contributed by atoms with Gasteiger partial charge in [0, 0.05) is 5.33 Å². The van der Waals surface area contributed by atoms with Crippen molar-refractivity contribution >= 4 is 33.2 Å². The molecule has 3 N–H and O–H groups in total. The normalized spacial score (nSPS) is 28.9. The van der Waals surface area contributed by atoms with Crippen LogP contribution in [0.4, 0.5) is 5.69 Å². The molecule has 10 heteroatoms. The van der Waals surface area contributed by atoms with E-state index in [1.807, 2.05) is 57.2 Å². The first kappa shape index (κ1) is 36.7. The van der Waals surface area contributed by atoms with Gasteiger partial charge in [0.1, 0.15) is 29.4 Å². The Labute approximate surface area is 305 Å². The number of alkyl halides is 1. The van der Waals surface area contributed by atoms with Gasteiger partial charge in [0.05, 0.1) is 49.1 Å². The molecule has 9 nitrogen and oxygen atoms in total. The molecule has 1 amide bonds. The highest BCUT2D eigenvalue weighted by atomic mass is 79.9. The van der Waals surface area contributed by atoms with Gasteiger partial charge < -0.3 is 34.7 Å². The molecule has 7 rings (SSSR count). The molecular formula is C40H54BrN3O6. The topological polar surface area (TPSA) is 117 Å². The molecule has 2 aromatic carbocycles. The van der Waals surface area contributed by atoms with Crippen LogP contribution in [-0.4, -0.2) is 61.3 Å². The Kier molecular flexibility index (Phi) is 10.6. The minimum absolute atomic E-state index is 0.0391. The van der Waals surface area contributed by atoms with Crippen molar-refractivity contribution in [2.75, 3.05) is 32.8 Å². The number of methoxy groups -OCH3 is 2. The molecule has 1 aliphatic heterocycles. The standard InChI is InChI=1S/C40H54BrN3O6/c1-24(2)30-21-29(48-15-9-14-41)12-13-32(30)43-33(36-34(46-6)10-8-11-35(36)47-7)22-31(42)37(45)44-40(39(23-49-39)50-38(3,4)5)27-17-25-16-26(19-27)20-28(40)18-25/h8,10-13,21-22,24-28H,9,14-20,23,42H2,1-7H3,(H,44,45). The van der Waals surface area contributed by atoms with Crippen molar-refractivity contribution < 1.29 is 28.5 Å². The van der Waals surface area contributed by atoms with E-state index in [2.05, 4.69) is 35.1 Å². The van der Waals surface area contributed by atoms with E-state index in [1.165, 1.54) is 6.42 Å². The Bertz CT molecular complexity index is 1570. The van der Waals surface area contributed by atoms with Crippen LogP contribution in [0.25, 0.3) is 0 Å². The van der Waals surface area contributed by atoms with E-state index in [0.717, 1.165) is 54.4 Å². The number of aliphatic imine (C=N–C) groups is 1. The van der Waals surface area contributed by atoms with E-state index >= 15 is 0 Å². The number of amides is 1. The fourth-order valence-corrected chi connectivity index (χ4v) is 9.32. The SMILES string of the molecule is COc1cccc(OC)c1C(C=C(N)C(=O)NC1(C2(OC(C)(C)C)CO2)C2CC3CC(C2)CC1C3)=Nc1ccc(OCCCBr)cc1C(C)C. The lowest BCUT2D eigenvalue weighted by Crippen LogP contribution is -2.74. The van der Waals surface area contributed by atoms with E-state index in [0.29, 0.717) is 47.8 Å². The first-order valence-electron chi connectivity index (χ1n) is 18.1. The Morgan fingerprint density at radius 3 is 2.20 bits per heavy atom. The number of hydrogen-bond acceptors (Lipinski definition) is 8. The van der Waals surface area contributed by atoms with E-state index < -0.39 is 16.9 Å². The Hall–Kier alpha value is -3.08. The second-order valence-corrected chi connectivity index (χ2v) is 16.6. The number of nitrogens with one attached hydrogen (secondary N) is 1. The molecule has 5 fully saturated rings. The van der Waals surface area contributed by atoms with Crippen LogP contribution in [0, 0.1) is 23.7 Å². The maximum Gasteiger partial charge on any atom is 0.267 e. The molecule has 272 valence electrons. The molecular weight excluding hydrogens is 698 g/mol. The van der Waals surface area contributed by atoms with E-state index in [4.69, 9.17) is 34.4 Å². The molecule has 1 heterocycles. The number of ether oxygens (including phenoxy) is 5. The lowest BCUT2D eigenvalue weighted by molar-refractivity contribution is -0.229. The number of hydrogen-bond donors (Lipinski definition) is 2. The lowest BCUT2D eigenvalue weighted by Gasteiger charge is -2.63. The third-order valence-electron chi connectivity index (χ3n) is 10.9. The van der Waals surface area contributed by atoms with Gasteiger partial charge in [0.25, 0.3) is 5.91 Å². The average molecular weight is 753 g/mol. The summed E-state index contributed by atoms with van der Waals surface area (Å²) in [5.74, 6) is 2.69. The quantitative estimate of drug-likeness (QED) is 0.0665. The molecule has 4 aliphatic carbocycles. The van der Waals surface area contributed by atoms with Crippen molar-refractivity contribution in [2.24, 2.45) is 34.4 Å². The van der Waals surface area contributed by atoms with Gasteiger partial charge in [-0.2, -0.15) is 0 Å². The highest BCUT2D eigenvalue weighted by Gasteiger charge is 2.74. The van der Waals surface area contributed by atoms with Crippen molar-refractivity contribution in [2.45, 2.75) is 96.0 Å². The molecule has 0 radical (unpaired) electrons. The molecule has 4 saturated carbocycles. The fourth-order valence-electron chi connectivity index (χ4n) is 9.09. The summed E-state index contributed by atoms with van der Waals surface area (Å²) in [5.41, 5.74) is 8.53. The highest BCUT2D eigenvalue weighted by molar-refractivity contribution is 9.09. The lowest BCUT2D eigenvalue weighted by atomic mass is 9.47. The van der Waals surface area contributed by atoms with Gasteiger partial charge >= 0.3 is 0 Å². The monoisotopic (exact) mass is 751 g/mol. The zero-order valence-electron chi connectivity index (χ0n) is 30.6. The molecule has 0 aromatic heterocycles. The van der Waals surface area contributed by atoms with Gasteiger partial charge in [0.2, 0.25) is 5.79 Å². The van der Waals surface area contributed by atoms with Gasteiger partial charge in [-0.1, -0.05) is 35.8 Å². The number of epoxide rings is 1. The van der Waals surface area contributed by atoms with Crippen LogP contribution in [0.5, 0.6) is 17.2 Å². The first-order valence-corrected chi connectivity index (χ1v) is 19.2. The molecule has 1 atom stereocenters. The maximum atomic E-state index is 14.5. The summed E-state index contributed by atoms with van der Waals surface area (Å²) in [6, 6.07) is 11.5. The van der Waals surface area contributed by atoms with Crippen molar-refractivity contribution in [3.05, 3.63) is 59.3 Å². The summed E-state index contributed by atoms with van der Waals surface area (Å²) in [7, 11) is 3.21. The maximum absolute atomic E-state index is 14.5. The number of rotatable bonds is 14. The average Bonchev–Trinajstić information content (AvgIpc) is 3.84. The van der Waals surface area contributed by atoms with E-state index in [1.54, 1.807) is 20.3 Å². The van der Waals surface area contributed by atoms with Crippen molar-refractivity contribution in [1.29, 1.82) is 0 Å². The third-order valence-corrected chi connectivity index (χ3v) is 11.5. The van der Waals surface area contributed by atoms with E-state index in [9.17, 15) is 4.79 Å². The predicted molar refractivity (Wildman–Crippen MR) is 200 cm³/mol. The van der Waals surface area contributed by atoms with Crippen LogP contribution in [0.2, 0.25) is 0 Å². The fraction of sp³-hybridized carbons (Fsp3) is 0.600. The number of nitrogens with two attached hydrogens (primary N) is 1. The van der Waals surface area contributed by atoms with Crippen LogP contribution in [0.1, 0.15) is 90.2 Å². The van der Waals surface area contributed by atoms with E-state index in [-0.39, 0.29) is 29.4 Å². The zero-order chi connectivity index (χ0) is 35.8. The highest BCUT2D eigenvalue weighted by Crippen LogP contribution is 2.65. The first-order chi connectivity index (χ1) is 23.8. The van der Waals surface area contributed by atoms with Crippen molar-refractivity contribution in [1.82, 2.24) is 5.32 Å². The summed E-state index contributed by atoms with van der Waals surface area (Å²) in [5, 5.41) is 4.39. The van der Waals surface area contributed by atoms with Crippen LogP contribution in [0.3, 0.4) is 0 Å². The number of benzene rings is 2. The molecule has 0 spiro atoms. The summed E-state index contributed by atoms with van der Waals surface area (Å²) >= 11 is 3.47. The summed E-state index contributed by atoms with van der Waals surface area (Å²) in [6.45, 7) is 11.5. The Morgan fingerprint density at radius 2 is 1.68 bits per heavy atom. The van der Waals surface area contributed by atoms with Gasteiger partial charge in [-0.25, -0.2) is 4.99 Å². The summed E-state index contributed by atoms with van der Waals surface area (Å²) in [6.07, 6.45) is 8.09. The zero-order valence-corrected chi connectivity index (χ0v) is 32.2. The summed E-state index contributed by atoms with van der Waals surface area (Å²) in [4.78, 5) is 19.7.